The maximum atomic E-state index is 5.97. The van der Waals surface area contributed by atoms with Gasteiger partial charge in [0.2, 0.25) is 0 Å². The summed E-state index contributed by atoms with van der Waals surface area (Å²) in [7, 11) is 0. The molecule has 2 aliphatic heterocycles. The number of aliphatic imine (C=N–C) groups is 1. The first-order chi connectivity index (χ1) is 9.24. The zero-order chi connectivity index (χ0) is 13.2. The number of anilines is 1. The van der Waals surface area contributed by atoms with Crippen molar-refractivity contribution in [1.29, 1.82) is 0 Å². The molecular formula is C15H21N3O. The standard InChI is InChI=1S/C15H21N3O/c1-11-15(18-8-4-2-3-5-9-18)17-13-7-6-12(16)10-14(13)19-11/h6-7,10-11H,2-5,8-9,16H2,1H3. The zero-order valence-corrected chi connectivity index (χ0v) is 11.4. The number of rotatable bonds is 0. The molecule has 1 atom stereocenters. The Balaban J connectivity index is 1.90. The van der Waals surface area contributed by atoms with Crippen molar-refractivity contribution in [2.45, 2.75) is 38.7 Å². The van der Waals surface area contributed by atoms with Crippen molar-refractivity contribution >= 4 is 17.2 Å². The van der Waals surface area contributed by atoms with Crippen molar-refractivity contribution in [2.75, 3.05) is 18.8 Å². The molecule has 2 N–H and O–H groups in total. The predicted octanol–water partition coefficient (Wildman–Crippen LogP) is 2.96. The van der Waals surface area contributed by atoms with Crippen LogP contribution in [0.2, 0.25) is 0 Å². The molecule has 0 spiro atoms. The summed E-state index contributed by atoms with van der Waals surface area (Å²) in [4.78, 5) is 7.18. The number of nitrogen functional groups attached to an aromatic ring is 1. The van der Waals surface area contributed by atoms with Crippen LogP contribution in [0.1, 0.15) is 32.6 Å². The van der Waals surface area contributed by atoms with E-state index in [-0.39, 0.29) is 6.10 Å². The lowest BCUT2D eigenvalue weighted by Crippen LogP contribution is -2.42. The van der Waals surface area contributed by atoms with Gasteiger partial charge in [-0.15, -0.1) is 0 Å². The van der Waals surface area contributed by atoms with Crippen LogP contribution in [0.25, 0.3) is 0 Å². The number of fused-ring (bicyclic) bond motifs is 1. The fourth-order valence-corrected chi connectivity index (χ4v) is 2.80. The fourth-order valence-electron chi connectivity index (χ4n) is 2.80. The lowest BCUT2D eigenvalue weighted by Gasteiger charge is -2.31. The molecule has 102 valence electrons. The summed E-state index contributed by atoms with van der Waals surface area (Å²) in [5.74, 6) is 1.87. The first-order valence-corrected chi connectivity index (χ1v) is 7.14. The van der Waals surface area contributed by atoms with Gasteiger partial charge in [-0.05, 0) is 31.9 Å². The van der Waals surface area contributed by atoms with E-state index in [0.717, 1.165) is 36.0 Å². The highest BCUT2D eigenvalue weighted by Gasteiger charge is 2.25. The highest BCUT2D eigenvalue weighted by atomic mass is 16.5. The Bertz CT molecular complexity index is 490. The molecule has 2 heterocycles. The Kier molecular flexibility index (Phi) is 3.32. The molecule has 19 heavy (non-hydrogen) atoms. The molecule has 0 aliphatic carbocycles. The van der Waals surface area contributed by atoms with Crippen molar-refractivity contribution in [1.82, 2.24) is 4.90 Å². The van der Waals surface area contributed by atoms with Gasteiger partial charge in [-0.1, -0.05) is 12.8 Å². The lowest BCUT2D eigenvalue weighted by molar-refractivity contribution is 0.255. The maximum absolute atomic E-state index is 5.97. The summed E-state index contributed by atoms with van der Waals surface area (Å²) in [6, 6.07) is 5.67. The molecule has 1 aromatic carbocycles. The van der Waals surface area contributed by atoms with Gasteiger partial charge in [0.1, 0.15) is 17.3 Å². The second-order valence-electron chi connectivity index (χ2n) is 5.36. The number of amidine groups is 1. The van der Waals surface area contributed by atoms with Gasteiger partial charge in [0.05, 0.1) is 0 Å². The third-order valence-corrected chi connectivity index (χ3v) is 3.82. The number of benzene rings is 1. The van der Waals surface area contributed by atoms with Gasteiger partial charge < -0.3 is 15.4 Å². The Labute approximate surface area is 114 Å². The van der Waals surface area contributed by atoms with E-state index in [0.29, 0.717) is 0 Å². The van der Waals surface area contributed by atoms with Crippen LogP contribution in [0.3, 0.4) is 0 Å². The van der Waals surface area contributed by atoms with Gasteiger partial charge in [0.25, 0.3) is 0 Å². The molecule has 0 saturated carbocycles. The summed E-state index contributed by atoms with van der Waals surface area (Å²) < 4.78 is 5.97. The second-order valence-corrected chi connectivity index (χ2v) is 5.36. The quantitative estimate of drug-likeness (QED) is 0.729. The van der Waals surface area contributed by atoms with Crippen molar-refractivity contribution < 1.29 is 4.74 Å². The molecule has 4 nitrogen and oxygen atoms in total. The van der Waals surface area contributed by atoms with Crippen molar-refractivity contribution in [2.24, 2.45) is 4.99 Å². The van der Waals surface area contributed by atoms with Crippen LogP contribution >= 0.6 is 0 Å². The smallest absolute Gasteiger partial charge is 0.153 e. The van der Waals surface area contributed by atoms with Gasteiger partial charge in [-0.3, -0.25) is 0 Å². The molecule has 1 saturated heterocycles. The Morgan fingerprint density at radius 1 is 1.21 bits per heavy atom. The topological polar surface area (TPSA) is 50.9 Å². The van der Waals surface area contributed by atoms with Gasteiger partial charge in [0, 0.05) is 24.8 Å². The van der Waals surface area contributed by atoms with Crippen LogP contribution in [0, 0.1) is 0 Å². The first kappa shape index (κ1) is 12.3. The normalized spacial score (nSPS) is 23.1. The van der Waals surface area contributed by atoms with Gasteiger partial charge in [0.15, 0.2) is 6.10 Å². The van der Waals surface area contributed by atoms with Crippen LogP contribution in [0.5, 0.6) is 5.75 Å². The van der Waals surface area contributed by atoms with E-state index in [1.807, 2.05) is 18.2 Å². The average Bonchev–Trinajstić information content (AvgIpc) is 2.66. The maximum Gasteiger partial charge on any atom is 0.153 e. The highest BCUT2D eigenvalue weighted by Crippen LogP contribution is 2.35. The molecule has 0 bridgehead atoms. The molecule has 0 amide bonds. The van der Waals surface area contributed by atoms with Crippen molar-refractivity contribution in [3.05, 3.63) is 18.2 Å². The second kappa shape index (κ2) is 5.11. The van der Waals surface area contributed by atoms with E-state index in [1.54, 1.807) is 0 Å². The van der Waals surface area contributed by atoms with E-state index in [1.165, 1.54) is 25.7 Å². The number of hydrogen-bond acceptors (Lipinski definition) is 4. The summed E-state index contributed by atoms with van der Waals surface area (Å²) in [5, 5.41) is 0. The fraction of sp³-hybridized carbons (Fsp3) is 0.533. The zero-order valence-electron chi connectivity index (χ0n) is 11.4. The van der Waals surface area contributed by atoms with Gasteiger partial charge >= 0.3 is 0 Å². The minimum atomic E-state index is 0.00685. The summed E-state index contributed by atoms with van der Waals surface area (Å²) >= 11 is 0. The third kappa shape index (κ3) is 2.53. The summed E-state index contributed by atoms with van der Waals surface area (Å²) in [6.07, 6.45) is 5.16. The third-order valence-electron chi connectivity index (χ3n) is 3.82. The molecule has 1 fully saturated rings. The van der Waals surface area contributed by atoms with Crippen LogP contribution in [-0.4, -0.2) is 29.9 Å². The molecule has 0 radical (unpaired) electrons. The number of hydrogen-bond donors (Lipinski definition) is 1. The van der Waals surface area contributed by atoms with Crippen molar-refractivity contribution in [3.63, 3.8) is 0 Å². The number of ether oxygens (including phenoxy) is 1. The lowest BCUT2D eigenvalue weighted by atomic mass is 10.2. The molecular weight excluding hydrogens is 238 g/mol. The molecule has 4 heteroatoms. The molecule has 2 aliphatic rings. The van der Waals surface area contributed by atoms with E-state index < -0.39 is 0 Å². The van der Waals surface area contributed by atoms with E-state index >= 15 is 0 Å². The first-order valence-electron chi connectivity index (χ1n) is 7.14. The van der Waals surface area contributed by atoms with Gasteiger partial charge in [-0.2, -0.15) is 0 Å². The molecule has 1 unspecified atom stereocenters. The van der Waals surface area contributed by atoms with E-state index in [4.69, 9.17) is 15.5 Å². The number of nitrogens with two attached hydrogens (primary N) is 1. The summed E-state index contributed by atoms with van der Waals surface area (Å²) in [5.41, 5.74) is 7.40. The number of likely N-dealkylation sites (tertiary alicyclic amines) is 1. The Morgan fingerprint density at radius 3 is 2.68 bits per heavy atom. The largest absolute Gasteiger partial charge is 0.480 e. The molecule has 0 aromatic heterocycles. The van der Waals surface area contributed by atoms with Crippen LogP contribution in [0.4, 0.5) is 11.4 Å². The van der Waals surface area contributed by atoms with Crippen LogP contribution < -0.4 is 10.5 Å². The monoisotopic (exact) mass is 259 g/mol. The minimum absolute atomic E-state index is 0.00685. The molecule has 1 aromatic rings. The average molecular weight is 259 g/mol. The van der Waals surface area contributed by atoms with E-state index in [9.17, 15) is 0 Å². The van der Waals surface area contributed by atoms with Crippen LogP contribution in [-0.2, 0) is 0 Å². The number of nitrogens with zero attached hydrogens (tertiary/aromatic N) is 2. The van der Waals surface area contributed by atoms with Crippen LogP contribution in [0.15, 0.2) is 23.2 Å². The summed E-state index contributed by atoms with van der Waals surface area (Å²) in [6.45, 7) is 4.25. The predicted molar refractivity (Wildman–Crippen MR) is 78.1 cm³/mol. The SMILES string of the molecule is CC1Oc2cc(N)ccc2N=C1N1CCCCCC1. The highest BCUT2D eigenvalue weighted by molar-refractivity contribution is 5.91. The minimum Gasteiger partial charge on any atom is -0.480 e. The Morgan fingerprint density at radius 2 is 1.95 bits per heavy atom. The Hall–Kier alpha value is -1.71. The molecule has 3 rings (SSSR count). The van der Waals surface area contributed by atoms with Crippen molar-refractivity contribution in [3.8, 4) is 5.75 Å². The van der Waals surface area contributed by atoms with Gasteiger partial charge in [-0.25, -0.2) is 4.99 Å². The van der Waals surface area contributed by atoms with E-state index in [2.05, 4.69) is 11.8 Å².